The molecule has 1 saturated heterocycles. The van der Waals surface area contributed by atoms with E-state index in [0.29, 0.717) is 37.7 Å². The number of benzene rings is 2. The molecule has 2 amide bonds. The number of piperazine rings is 1. The summed E-state index contributed by atoms with van der Waals surface area (Å²) in [6.07, 6.45) is 9.01. The summed E-state index contributed by atoms with van der Waals surface area (Å²) in [6.45, 7) is 6.65. The van der Waals surface area contributed by atoms with Gasteiger partial charge in [0.15, 0.2) is 0 Å². The fourth-order valence-electron chi connectivity index (χ4n) is 6.63. The number of aryl methyl sites for hydroxylation is 3. The second-order valence-corrected chi connectivity index (χ2v) is 12.8. The maximum Gasteiger partial charge on any atom is 0.410 e. The van der Waals surface area contributed by atoms with Crippen molar-refractivity contribution in [1.82, 2.24) is 29.2 Å². The molecule has 10 heteroatoms. The summed E-state index contributed by atoms with van der Waals surface area (Å²) in [7, 11) is 0. The number of aromatic nitrogens is 3. The molecular weight excluding hydrogens is 600 g/mol. The number of fused-ring (bicyclic) bond motifs is 2. The number of ether oxygens (including phenoxy) is 1. The molecule has 4 aromatic rings. The second-order valence-electron chi connectivity index (χ2n) is 12.3. The van der Waals surface area contributed by atoms with Gasteiger partial charge >= 0.3 is 6.09 Å². The minimum absolute atomic E-state index is 0.0916. The molecule has 2 atom stereocenters. The maximum atomic E-state index is 14.7. The lowest BCUT2D eigenvalue weighted by atomic mass is 9.95. The van der Waals surface area contributed by atoms with Crippen molar-refractivity contribution in [3.63, 3.8) is 0 Å². The van der Waals surface area contributed by atoms with Gasteiger partial charge in [-0.1, -0.05) is 54.1 Å². The summed E-state index contributed by atoms with van der Waals surface area (Å²) in [4.78, 5) is 43.1. The van der Waals surface area contributed by atoms with Crippen molar-refractivity contribution in [3.8, 4) is 0 Å². The number of hydrogen-bond acceptors (Lipinski definition) is 6. The fraction of sp³-hybridized carbons (Fsp3) is 0.389. The van der Waals surface area contributed by atoms with Crippen molar-refractivity contribution >= 4 is 23.6 Å². The Bertz CT molecular complexity index is 1630. The SMILES string of the molecule is CC(C)OC(=O)N1CCN([C@@H]2c3ccc(Cl)cc3CCc3cccnc32)C[C@@H]1C(=O)N(CCCn1ccnc1)Cc1ccccc1. The quantitative estimate of drug-likeness (QED) is 0.231. The van der Waals surface area contributed by atoms with Gasteiger partial charge in [-0.3, -0.25) is 19.6 Å². The first-order valence-corrected chi connectivity index (χ1v) is 16.5. The van der Waals surface area contributed by atoms with Gasteiger partial charge in [0.1, 0.15) is 6.04 Å². The van der Waals surface area contributed by atoms with E-state index >= 15 is 0 Å². The molecule has 0 unspecified atom stereocenters. The van der Waals surface area contributed by atoms with Crippen LogP contribution in [0.15, 0.2) is 85.6 Å². The van der Waals surface area contributed by atoms with Crippen LogP contribution in [0.5, 0.6) is 0 Å². The molecular formula is C36H41ClN6O3. The van der Waals surface area contributed by atoms with E-state index in [4.69, 9.17) is 21.3 Å². The van der Waals surface area contributed by atoms with Crippen molar-refractivity contribution in [1.29, 1.82) is 0 Å². The number of hydrogen-bond donors (Lipinski definition) is 0. The minimum Gasteiger partial charge on any atom is -0.447 e. The molecule has 9 nitrogen and oxygen atoms in total. The molecule has 240 valence electrons. The van der Waals surface area contributed by atoms with Crippen LogP contribution >= 0.6 is 11.6 Å². The van der Waals surface area contributed by atoms with Crippen LogP contribution in [-0.2, 0) is 35.5 Å². The van der Waals surface area contributed by atoms with E-state index in [1.54, 1.807) is 17.4 Å². The van der Waals surface area contributed by atoms with Crippen molar-refractivity contribution in [3.05, 3.63) is 119 Å². The molecule has 0 radical (unpaired) electrons. The van der Waals surface area contributed by atoms with E-state index in [0.717, 1.165) is 42.6 Å². The molecule has 2 aliphatic rings. The first kappa shape index (κ1) is 31.8. The largest absolute Gasteiger partial charge is 0.447 e. The number of carbonyl (C=O) groups is 2. The summed E-state index contributed by atoms with van der Waals surface area (Å²) in [6, 6.07) is 19.3. The van der Waals surface area contributed by atoms with E-state index in [9.17, 15) is 9.59 Å². The van der Waals surface area contributed by atoms with Gasteiger partial charge in [-0.05, 0) is 73.6 Å². The van der Waals surface area contributed by atoms with Gasteiger partial charge in [-0.15, -0.1) is 0 Å². The molecule has 2 aromatic carbocycles. The number of imidazole rings is 1. The summed E-state index contributed by atoms with van der Waals surface area (Å²) in [5.74, 6) is -0.0916. The lowest BCUT2D eigenvalue weighted by molar-refractivity contribution is -0.140. The van der Waals surface area contributed by atoms with Gasteiger partial charge < -0.3 is 14.2 Å². The third-order valence-corrected chi connectivity index (χ3v) is 9.05. The van der Waals surface area contributed by atoms with Crippen molar-refractivity contribution in [2.45, 2.75) is 64.4 Å². The molecule has 0 spiro atoms. The highest BCUT2D eigenvalue weighted by Gasteiger charge is 2.42. The van der Waals surface area contributed by atoms with Crippen LogP contribution in [0, 0.1) is 0 Å². The van der Waals surface area contributed by atoms with E-state index in [1.165, 1.54) is 11.1 Å². The number of halogens is 1. The first-order valence-electron chi connectivity index (χ1n) is 16.1. The highest BCUT2D eigenvalue weighted by atomic mass is 35.5. The zero-order valence-corrected chi connectivity index (χ0v) is 27.2. The Balaban J connectivity index is 1.34. The normalized spacial score (nSPS) is 18.0. The number of carbonyl (C=O) groups excluding carboxylic acids is 2. The van der Waals surface area contributed by atoms with Gasteiger partial charge in [0, 0.05) is 62.9 Å². The van der Waals surface area contributed by atoms with Gasteiger partial charge in [-0.25, -0.2) is 9.78 Å². The predicted octanol–water partition coefficient (Wildman–Crippen LogP) is 5.77. The third kappa shape index (κ3) is 7.26. The Labute approximate surface area is 275 Å². The van der Waals surface area contributed by atoms with Gasteiger partial charge in [0.2, 0.25) is 5.91 Å². The molecule has 1 aliphatic heterocycles. The average molecular weight is 641 g/mol. The summed E-state index contributed by atoms with van der Waals surface area (Å²) in [5.41, 5.74) is 5.55. The molecule has 3 heterocycles. The Morgan fingerprint density at radius 2 is 1.85 bits per heavy atom. The molecule has 0 bridgehead atoms. The van der Waals surface area contributed by atoms with Crippen molar-refractivity contribution in [2.75, 3.05) is 26.2 Å². The topological polar surface area (TPSA) is 83.8 Å². The summed E-state index contributed by atoms with van der Waals surface area (Å²) < 4.78 is 7.70. The minimum atomic E-state index is -0.733. The van der Waals surface area contributed by atoms with E-state index in [2.05, 4.69) is 28.1 Å². The van der Waals surface area contributed by atoms with Gasteiger partial charge in [0.05, 0.1) is 24.2 Å². The Hall–Kier alpha value is -4.21. The Kier molecular flexibility index (Phi) is 10.00. The lowest BCUT2D eigenvalue weighted by Crippen LogP contribution is -2.62. The zero-order valence-electron chi connectivity index (χ0n) is 26.5. The molecule has 1 fully saturated rings. The summed E-state index contributed by atoms with van der Waals surface area (Å²) in [5, 5.41) is 0.706. The number of pyridine rings is 1. The number of rotatable bonds is 9. The smallest absolute Gasteiger partial charge is 0.410 e. The zero-order chi connectivity index (χ0) is 32.0. The molecule has 1 aliphatic carbocycles. The fourth-order valence-corrected chi connectivity index (χ4v) is 6.83. The van der Waals surface area contributed by atoms with Crippen LogP contribution in [0.25, 0.3) is 0 Å². The Morgan fingerprint density at radius 3 is 2.63 bits per heavy atom. The molecule has 0 N–H and O–H groups in total. The molecule has 6 rings (SSSR count). The monoisotopic (exact) mass is 640 g/mol. The maximum absolute atomic E-state index is 14.7. The van der Waals surface area contributed by atoms with E-state index < -0.39 is 12.1 Å². The highest BCUT2D eigenvalue weighted by molar-refractivity contribution is 6.30. The third-order valence-electron chi connectivity index (χ3n) is 8.81. The Morgan fingerprint density at radius 1 is 1.02 bits per heavy atom. The van der Waals surface area contributed by atoms with Gasteiger partial charge in [0.25, 0.3) is 0 Å². The van der Waals surface area contributed by atoms with Crippen LogP contribution in [0.4, 0.5) is 4.79 Å². The van der Waals surface area contributed by atoms with Crippen LogP contribution in [0.3, 0.4) is 0 Å². The first-order chi connectivity index (χ1) is 22.4. The van der Waals surface area contributed by atoms with Crippen LogP contribution in [0.2, 0.25) is 5.02 Å². The van der Waals surface area contributed by atoms with E-state index in [1.807, 2.05) is 78.2 Å². The van der Waals surface area contributed by atoms with Crippen molar-refractivity contribution < 1.29 is 14.3 Å². The lowest BCUT2D eigenvalue weighted by Gasteiger charge is -2.44. The second kappa shape index (κ2) is 14.5. The number of amides is 2. The highest BCUT2D eigenvalue weighted by Crippen LogP contribution is 2.38. The van der Waals surface area contributed by atoms with E-state index in [-0.39, 0.29) is 18.1 Å². The average Bonchev–Trinajstić information content (AvgIpc) is 3.52. The van der Waals surface area contributed by atoms with Crippen molar-refractivity contribution in [2.24, 2.45) is 0 Å². The van der Waals surface area contributed by atoms with Crippen LogP contribution in [-0.4, -0.2) is 79.6 Å². The van der Waals surface area contributed by atoms with Crippen LogP contribution < -0.4 is 0 Å². The standard InChI is InChI=1S/C36H41ClN6O3/c1-26(2)46-36(45)43-21-20-41(34-31-14-13-30(37)22-29(31)12-11-28-10-6-15-39-33(28)34)24-32(43)35(44)42(23-27-8-4-3-5-9-27)18-7-17-40-19-16-38-25-40/h3-6,8-10,13-16,19,22,25-26,32,34H,7,11-12,17-18,20-21,23-24H2,1-2H3/t32-,34-/m1/s1. The molecule has 46 heavy (non-hydrogen) atoms. The molecule has 0 saturated carbocycles. The number of nitrogens with zero attached hydrogens (tertiary/aromatic N) is 6. The van der Waals surface area contributed by atoms with Gasteiger partial charge in [-0.2, -0.15) is 0 Å². The molecule has 2 aromatic heterocycles. The van der Waals surface area contributed by atoms with Crippen LogP contribution in [0.1, 0.15) is 54.3 Å². The summed E-state index contributed by atoms with van der Waals surface area (Å²) >= 11 is 6.47. The predicted molar refractivity (Wildman–Crippen MR) is 177 cm³/mol.